The summed E-state index contributed by atoms with van der Waals surface area (Å²) in [6.45, 7) is 1.78. The van der Waals surface area contributed by atoms with E-state index in [4.69, 9.17) is 5.11 Å². The molecule has 0 saturated carbocycles. The second kappa shape index (κ2) is 5.87. The number of carboxylic acid groups (broad SMARTS) is 1. The van der Waals surface area contributed by atoms with Crippen molar-refractivity contribution in [3.63, 3.8) is 0 Å². The van der Waals surface area contributed by atoms with Gasteiger partial charge in [0.05, 0.1) is 17.9 Å². The molecule has 0 bridgehead atoms. The monoisotopic (exact) mass is 311 g/mol. The molecule has 0 amide bonds. The van der Waals surface area contributed by atoms with Crippen molar-refractivity contribution >= 4 is 21.7 Å². The van der Waals surface area contributed by atoms with Gasteiger partial charge in [-0.25, -0.2) is 13.1 Å². The predicted octanol–water partition coefficient (Wildman–Crippen LogP) is 0.187. The number of rotatable bonds is 6. The van der Waals surface area contributed by atoms with E-state index in [2.05, 4.69) is 20.2 Å². The molecule has 9 nitrogen and oxygen atoms in total. The number of benzene rings is 1. The van der Waals surface area contributed by atoms with Gasteiger partial charge in [-0.1, -0.05) is 0 Å². The lowest BCUT2D eigenvalue weighted by atomic mass is 10.2. The molecular weight excluding hydrogens is 298 g/mol. The average molecular weight is 311 g/mol. The normalized spacial score (nSPS) is 11.3. The molecule has 0 spiro atoms. The number of carboxylic acids is 1. The first-order chi connectivity index (χ1) is 9.87. The third kappa shape index (κ3) is 3.99. The molecular formula is C11H13N5O4S. The lowest BCUT2D eigenvalue weighted by Gasteiger charge is -2.10. The Balaban J connectivity index is 2.15. The van der Waals surface area contributed by atoms with Gasteiger partial charge in [0.15, 0.2) is 0 Å². The van der Waals surface area contributed by atoms with E-state index in [1.54, 1.807) is 25.1 Å². The number of hydrogen-bond acceptors (Lipinski definition) is 6. The summed E-state index contributed by atoms with van der Waals surface area (Å²) in [6.07, 6.45) is 0.982. The highest BCUT2D eigenvalue weighted by molar-refractivity contribution is 7.92. The maximum Gasteiger partial charge on any atom is 0.304 e. The number of sulfonamides is 1. The zero-order valence-electron chi connectivity index (χ0n) is 11.1. The highest BCUT2D eigenvalue weighted by Gasteiger charge is 2.13. The molecule has 2 rings (SSSR count). The lowest BCUT2D eigenvalue weighted by Crippen LogP contribution is -2.19. The molecule has 0 aliphatic heterocycles. The van der Waals surface area contributed by atoms with Crippen molar-refractivity contribution < 1.29 is 18.3 Å². The van der Waals surface area contributed by atoms with E-state index in [0.29, 0.717) is 11.4 Å². The minimum Gasteiger partial charge on any atom is -0.481 e. The summed E-state index contributed by atoms with van der Waals surface area (Å²) in [5.74, 6) is -1.64. The molecule has 2 N–H and O–H groups in total. The molecule has 112 valence electrons. The Morgan fingerprint density at radius 3 is 2.76 bits per heavy atom. The molecule has 0 saturated heterocycles. The van der Waals surface area contributed by atoms with Gasteiger partial charge in [-0.05, 0) is 41.1 Å². The minimum absolute atomic E-state index is 0.356. The number of carbonyl (C=O) groups is 1. The van der Waals surface area contributed by atoms with Gasteiger partial charge in [0.2, 0.25) is 10.0 Å². The standard InChI is InChI=1S/C11H13N5O4S/c1-8-6-9(13-21(19,20)5-4-11(17)18)2-3-10(8)16-7-12-14-15-16/h2-3,6-7,13H,4-5H2,1H3,(H,17,18). The molecule has 10 heteroatoms. The van der Waals surface area contributed by atoms with Gasteiger partial charge in [0.25, 0.3) is 0 Å². The summed E-state index contributed by atoms with van der Waals surface area (Å²) in [5.41, 5.74) is 1.84. The van der Waals surface area contributed by atoms with Crippen molar-refractivity contribution in [2.45, 2.75) is 13.3 Å². The zero-order valence-corrected chi connectivity index (χ0v) is 11.9. The SMILES string of the molecule is Cc1cc(NS(=O)(=O)CCC(=O)O)ccc1-n1cnnn1. The van der Waals surface area contributed by atoms with Crippen molar-refractivity contribution in [2.75, 3.05) is 10.5 Å². The van der Waals surface area contributed by atoms with Crippen LogP contribution < -0.4 is 4.72 Å². The van der Waals surface area contributed by atoms with Crippen molar-refractivity contribution in [1.82, 2.24) is 20.2 Å². The van der Waals surface area contributed by atoms with Crippen LogP contribution in [0.3, 0.4) is 0 Å². The van der Waals surface area contributed by atoms with Crippen molar-refractivity contribution in [3.8, 4) is 5.69 Å². The van der Waals surface area contributed by atoms with E-state index in [1.807, 2.05) is 0 Å². The van der Waals surface area contributed by atoms with Crippen molar-refractivity contribution in [3.05, 3.63) is 30.1 Å². The Kier molecular flexibility index (Phi) is 4.17. The number of hydrogen-bond donors (Lipinski definition) is 2. The lowest BCUT2D eigenvalue weighted by molar-refractivity contribution is -0.136. The fraction of sp³-hybridized carbons (Fsp3) is 0.273. The molecule has 0 aliphatic carbocycles. The Bertz CT molecular complexity index is 742. The number of aromatic nitrogens is 4. The molecule has 0 aliphatic rings. The molecule has 21 heavy (non-hydrogen) atoms. The maximum absolute atomic E-state index is 11.7. The van der Waals surface area contributed by atoms with Crippen molar-refractivity contribution in [1.29, 1.82) is 0 Å². The van der Waals surface area contributed by atoms with Gasteiger partial charge < -0.3 is 5.11 Å². The Labute approximate surface area is 120 Å². The van der Waals surface area contributed by atoms with Gasteiger partial charge >= 0.3 is 5.97 Å². The molecule has 1 aromatic carbocycles. The van der Waals surface area contributed by atoms with Gasteiger partial charge in [-0.15, -0.1) is 5.10 Å². The summed E-state index contributed by atoms with van der Waals surface area (Å²) >= 11 is 0. The number of aliphatic carboxylic acids is 1. The fourth-order valence-electron chi connectivity index (χ4n) is 1.70. The summed E-state index contributed by atoms with van der Waals surface area (Å²) in [7, 11) is -3.69. The van der Waals surface area contributed by atoms with Crippen LogP contribution >= 0.6 is 0 Å². The molecule has 1 aromatic heterocycles. The molecule has 0 atom stereocenters. The quantitative estimate of drug-likeness (QED) is 0.779. The van der Waals surface area contributed by atoms with E-state index in [1.165, 1.54) is 11.0 Å². The molecule has 0 fully saturated rings. The second-order valence-electron chi connectivity index (χ2n) is 4.32. The number of nitrogens with zero attached hydrogens (tertiary/aromatic N) is 4. The third-order valence-electron chi connectivity index (χ3n) is 2.65. The Hall–Kier alpha value is -2.49. The fourth-order valence-corrected chi connectivity index (χ4v) is 2.73. The summed E-state index contributed by atoms with van der Waals surface area (Å²) in [5, 5.41) is 19.3. The second-order valence-corrected chi connectivity index (χ2v) is 6.16. The molecule has 0 unspecified atom stereocenters. The summed E-state index contributed by atoms with van der Waals surface area (Å²) in [4.78, 5) is 10.4. The van der Waals surface area contributed by atoms with Crippen LogP contribution in [0.5, 0.6) is 0 Å². The van der Waals surface area contributed by atoms with Crippen LogP contribution in [0.4, 0.5) is 5.69 Å². The largest absolute Gasteiger partial charge is 0.481 e. The van der Waals surface area contributed by atoms with Crippen LogP contribution in [0.15, 0.2) is 24.5 Å². The first-order valence-electron chi connectivity index (χ1n) is 5.94. The van der Waals surface area contributed by atoms with Gasteiger partial charge in [-0.3, -0.25) is 9.52 Å². The topological polar surface area (TPSA) is 127 Å². The smallest absolute Gasteiger partial charge is 0.304 e. The Morgan fingerprint density at radius 1 is 1.43 bits per heavy atom. The van der Waals surface area contributed by atoms with Crippen LogP contribution in [0.1, 0.15) is 12.0 Å². The maximum atomic E-state index is 11.7. The molecule has 2 aromatic rings. The first-order valence-corrected chi connectivity index (χ1v) is 7.59. The first kappa shape index (κ1) is 14.9. The van der Waals surface area contributed by atoms with Crippen molar-refractivity contribution in [2.24, 2.45) is 0 Å². The molecule has 0 radical (unpaired) electrons. The number of aryl methyl sites for hydroxylation is 1. The minimum atomic E-state index is -3.69. The van der Waals surface area contributed by atoms with Crippen LogP contribution in [0.2, 0.25) is 0 Å². The highest BCUT2D eigenvalue weighted by atomic mass is 32.2. The summed E-state index contributed by atoms with van der Waals surface area (Å²) in [6, 6.07) is 4.85. The van der Waals surface area contributed by atoms with E-state index < -0.39 is 28.2 Å². The van der Waals surface area contributed by atoms with Gasteiger partial charge in [0, 0.05) is 5.69 Å². The summed E-state index contributed by atoms with van der Waals surface area (Å²) < 4.78 is 27.2. The van der Waals surface area contributed by atoms with Crippen LogP contribution in [0, 0.1) is 6.92 Å². The molecule has 1 heterocycles. The number of nitrogens with one attached hydrogen (secondary N) is 1. The Morgan fingerprint density at radius 2 is 2.19 bits per heavy atom. The van der Waals surface area contributed by atoms with Crippen LogP contribution in [0.25, 0.3) is 5.69 Å². The van der Waals surface area contributed by atoms with Gasteiger partial charge in [0.1, 0.15) is 6.33 Å². The van der Waals surface area contributed by atoms with E-state index in [-0.39, 0.29) is 0 Å². The third-order valence-corrected chi connectivity index (χ3v) is 3.94. The average Bonchev–Trinajstić information content (AvgIpc) is 2.90. The van der Waals surface area contributed by atoms with E-state index >= 15 is 0 Å². The van der Waals surface area contributed by atoms with E-state index in [9.17, 15) is 13.2 Å². The van der Waals surface area contributed by atoms with Crippen LogP contribution in [-0.2, 0) is 14.8 Å². The zero-order chi connectivity index (χ0) is 15.5. The number of tetrazole rings is 1. The van der Waals surface area contributed by atoms with Crippen LogP contribution in [-0.4, -0.2) is 45.5 Å². The van der Waals surface area contributed by atoms with Gasteiger partial charge in [-0.2, -0.15) is 0 Å². The highest BCUT2D eigenvalue weighted by Crippen LogP contribution is 2.18. The number of anilines is 1. The predicted molar refractivity (Wildman–Crippen MR) is 73.6 cm³/mol. The van der Waals surface area contributed by atoms with E-state index in [0.717, 1.165) is 5.56 Å².